The van der Waals surface area contributed by atoms with E-state index in [1.54, 1.807) is 6.07 Å². The lowest BCUT2D eigenvalue weighted by Crippen LogP contribution is -2.47. The van der Waals surface area contributed by atoms with Gasteiger partial charge in [-0.25, -0.2) is 0 Å². The van der Waals surface area contributed by atoms with Crippen molar-refractivity contribution in [2.24, 2.45) is 5.92 Å². The predicted molar refractivity (Wildman–Crippen MR) is 137 cm³/mol. The van der Waals surface area contributed by atoms with Crippen LogP contribution in [0.3, 0.4) is 0 Å². The van der Waals surface area contributed by atoms with Crippen LogP contribution in [0, 0.1) is 5.92 Å². The average Bonchev–Trinajstić information content (AvgIpc) is 2.90. The van der Waals surface area contributed by atoms with Crippen LogP contribution in [0.4, 0.5) is 5.69 Å². The number of rotatable bonds is 8. The van der Waals surface area contributed by atoms with Crippen molar-refractivity contribution >= 4 is 17.6 Å². The van der Waals surface area contributed by atoms with Gasteiger partial charge in [-0.1, -0.05) is 43.3 Å². The number of nitrogens with one attached hydrogen (secondary N) is 1. The Balaban J connectivity index is 1.55. The Morgan fingerprint density at radius 2 is 1.84 bits per heavy atom. The second-order valence-corrected chi connectivity index (χ2v) is 9.60. The molecule has 0 aromatic heterocycles. The lowest BCUT2D eigenvalue weighted by molar-refractivity contribution is -0.277. The van der Waals surface area contributed by atoms with Crippen LogP contribution in [-0.2, 0) is 35.1 Å². The fraction of sp³-hybridized carbons (Fsp3) is 0.500. The van der Waals surface area contributed by atoms with Crippen LogP contribution < -0.4 is 5.32 Å². The Labute approximate surface area is 217 Å². The monoisotopic (exact) mass is 512 g/mol. The molecule has 2 aromatic rings. The summed E-state index contributed by atoms with van der Waals surface area (Å²) in [7, 11) is 0. The number of hydrogen-bond donors (Lipinski definition) is 2. The lowest BCUT2D eigenvalue weighted by Gasteiger charge is -2.43. The standard InChI is InChI=1S/C28H36N2O7/c1-18-25(16-30-11-13-34-14-12-30)36-28(37-26(18)22-9-7-21(17-31)8-10-22)23-5-4-6-24(15-23)29-27(33)19(2)35-20(3)32/h4-10,15,18-19,25-26,28,31H,11-14,16-17H2,1-3H3,(H,29,33)/t18-,19-,25+,26+,28+/m0/s1. The Kier molecular flexibility index (Phi) is 9.28. The molecule has 2 aromatic carbocycles. The van der Waals surface area contributed by atoms with Gasteiger partial charge in [0.1, 0.15) is 0 Å². The van der Waals surface area contributed by atoms with Gasteiger partial charge in [0.15, 0.2) is 12.4 Å². The van der Waals surface area contributed by atoms with Gasteiger partial charge < -0.3 is 29.4 Å². The topological polar surface area (TPSA) is 107 Å². The van der Waals surface area contributed by atoms with Crippen molar-refractivity contribution in [1.82, 2.24) is 4.90 Å². The van der Waals surface area contributed by atoms with Gasteiger partial charge in [0.25, 0.3) is 5.91 Å². The number of nitrogens with zero attached hydrogens (tertiary/aromatic N) is 1. The van der Waals surface area contributed by atoms with Crippen molar-refractivity contribution in [3.05, 3.63) is 65.2 Å². The highest BCUT2D eigenvalue weighted by Crippen LogP contribution is 2.42. The Bertz CT molecular complexity index is 1050. The van der Waals surface area contributed by atoms with Gasteiger partial charge >= 0.3 is 5.97 Å². The van der Waals surface area contributed by atoms with E-state index in [0.29, 0.717) is 18.9 Å². The average molecular weight is 513 g/mol. The van der Waals surface area contributed by atoms with Crippen LogP contribution in [0.25, 0.3) is 0 Å². The van der Waals surface area contributed by atoms with E-state index in [2.05, 4.69) is 17.1 Å². The van der Waals surface area contributed by atoms with Gasteiger partial charge in [-0.15, -0.1) is 0 Å². The number of benzene rings is 2. The third-order valence-electron chi connectivity index (χ3n) is 6.80. The molecule has 9 heteroatoms. The van der Waals surface area contributed by atoms with Crippen LogP contribution in [0.2, 0.25) is 0 Å². The summed E-state index contributed by atoms with van der Waals surface area (Å²) in [5.41, 5.74) is 3.19. The number of esters is 1. The third-order valence-corrected chi connectivity index (χ3v) is 6.80. The van der Waals surface area contributed by atoms with Gasteiger partial charge in [-0.05, 0) is 30.2 Å². The Morgan fingerprint density at radius 1 is 1.11 bits per heavy atom. The zero-order chi connectivity index (χ0) is 26.4. The minimum Gasteiger partial charge on any atom is -0.453 e. The van der Waals surface area contributed by atoms with Crippen molar-refractivity contribution < 1.29 is 33.6 Å². The van der Waals surface area contributed by atoms with E-state index in [1.165, 1.54) is 13.8 Å². The van der Waals surface area contributed by atoms with E-state index in [4.69, 9.17) is 18.9 Å². The number of ether oxygens (including phenoxy) is 4. The van der Waals surface area contributed by atoms with Crippen molar-refractivity contribution in [2.45, 2.75) is 52.0 Å². The number of carbonyl (C=O) groups excluding carboxylic acids is 2. The summed E-state index contributed by atoms with van der Waals surface area (Å²) in [6.07, 6.45) is -1.87. The number of carbonyl (C=O) groups is 2. The highest BCUT2D eigenvalue weighted by atomic mass is 16.7. The minimum atomic E-state index is -0.909. The lowest BCUT2D eigenvalue weighted by atomic mass is 9.90. The molecule has 4 rings (SSSR count). The maximum absolute atomic E-state index is 12.5. The normalized spacial score (nSPS) is 25.3. The van der Waals surface area contributed by atoms with E-state index in [0.717, 1.165) is 36.3 Å². The highest BCUT2D eigenvalue weighted by Gasteiger charge is 2.39. The van der Waals surface area contributed by atoms with E-state index in [9.17, 15) is 14.7 Å². The molecule has 2 heterocycles. The first-order chi connectivity index (χ1) is 17.8. The molecule has 2 aliphatic rings. The minimum absolute atomic E-state index is 0.0126. The first-order valence-corrected chi connectivity index (χ1v) is 12.7. The molecule has 0 bridgehead atoms. The molecule has 0 radical (unpaired) electrons. The number of amides is 1. The van der Waals surface area contributed by atoms with Crippen LogP contribution in [0.15, 0.2) is 48.5 Å². The van der Waals surface area contributed by atoms with Crippen LogP contribution in [0.1, 0.15) is 49.9 Å². The molecule has 2 fully saturated rings. The number of hydrogen-bond acceptors (Lipinski definition) is 8. The molecule has 9 nitrogen and oxygen atoms in total. The number of anilines is 1. The molecule has 5 atom stereocenters. The molecule has 2 N–H and O–H groups in total. The summed E-state index contributed by atoms with van der Waals surface area (Å²) in [4.78, 5) is 26.0. The molecule has 1 amide bonds. The van der Waals surface area contributed by atoms with E-state index >= 15 is 0 Å². The summed E-state index contributed by atoms with van der Waals surface area (Å²) in [6.45, 7) is 8.81. The first-order valence-electron chi connectivity index (χ1n) is 12.7. The smallest absolute Gasteiger partial charge is 0.303 e. The number of morpholine rings is 1. The van der Waals surface area contributed by atoms with Crippen molar-refractivity contribution in [3.63, 3.8) is 0 Å². The maximum atomic E-state index is 12.5. The van der Waals surface area contributed by atoms with E-state index < -0.39 is 24.3 Å². The fourth-order valence-corrected chi connectivity index (χ4v) is 4.68. The van der Waals surface area contributed by atoms with Crippen LogP contribution in [-0.4, -0.2) is 66.9 Å². The maximum Gasteiger partial charge on any atom is 0.303 e. The van der Waals surface area contributed by atoms with E-state index in [1.807, 2.05) is 42.5 Å². The molecular formula is C28H36N2O7. The molecular weight excluding hydrogens is 476 g/mol. The fourth-order valence-electron chi connectivity index (χ4n) is 4.68. The Morgan fingerprint density at radius 3 is 2.51 bits per heavy atom. The number of aliphatic hydroxyl groups excluding tert-OH is 1. The molecule has 2 saturated heterocycles. The summed E-state index contributed by atoms with van der Waals surface area (Å²) >= 11 is 0. The van der Waals surface area contributed by atoms with Gasteiger partial charge in [0.05, 0.1) is 32.0 Å². The summed E-state index contributed by atoms with van der Waals surface area (Å²) in [5.74, 6) is -0.857. The van der Waals surface area contributed by atoms with Gasteiger partial charge in [-0.2, -0.15) is 0 Å². The number of aliphatic hydroxyl groups is 1. The molecule has 2 aliphatic heterocycles. The molecule has 0 spiro atoms. The summed E-state index contributed by atoms with van der Waals surface area (Å²) < 4.78 is 23.5. The molecule has 0 saturated carbocycles. The SMILES string of the molecule is CC(=O)O[C@@H](C)C(=O)Nc1cccc([C@@H]2O[C@H](CN3CCOCC3)[C@H](C)[C@H](c3ccc(CO)cc3)O2)c1. The molecule has 0 aliphatic carbocycles. The predicted octanol–water partition coefficient (Wildman–Crippen LogP) is 3.19. The second kappa shape index (κ2) is 12.6. The first kappa shape index (κ1) is 27.2. The third kappa shape index (κ3) is 7.15. The quantitative estimate of drug-likeness (QED) is 0.520. The Hall–Kier alpha value is -2.82. The van der Waals surface area contributed by atoms with Crippen molar-refractivity contribution in [3.8, 4) is 0 Å². The van der Waals surface area contributed by atoms with Gasteiger partial charge in [0, 0.05) is 43.7 Å². The second-order valence-electron chi connectivity index (χ2n) is 9.60. The zero-order valence-electron chi connectivity index (χ0n) is 21.6. The van der Waals surface area contributed by atoms with Crippen LogP contribution >= 0.6 is 0 Å². The van der Waals surface area contributed by atoms with Gasteiger partial charge in [-0.3, -0.25) is 14.5 Å². The molecule has 37 heavy (non-hydrogen) atoms. The van der Waals surface area contributed by atoms with Crippen molar-refractivity contribution in [2.75, 3.05) is 38.2 Å². The summed E-state index contributed by atoms with van der Waals surface area (Å²) in [6, 6.07) is 15.1. The molecule has 0 unspecified atom stereocenters. The molecule has 200 valence electrons. The van der Waals surface area contributed by atoms with Gasteiger partial charge in [0.2, 0.25) is 0 Å². The largest absolute Gasteiger partial charge is 0.453 e. The summed E-state index contributed by atoms with van der Waals surface area (Å²) in [5, 5.41) is 12.2. The van der Waals surface area contributed by atoms with Crippen LogP contribution in [0.5, 0.6) is 0 Å². The van der Waals surface area contributed by atoms with Crippen molar-refractivity contribution in [1.29, 1.82) is 0 Å². The van der Waals surface area contributed by atoms with E-state index in [-0.39, 0.29) is 24.7 Å². The highest BCUT2D eigenvalue weighted by molar-refractivity contribution is 5.95. The zero-order valence-corrected chi connectivity index (χ0v) is 21.6.